The Kier molecular flexibility index (Phi) is 3.80. The molecular weight excluding hydrogens is 224 g/mol. The molecule has 0 aliphatic carbocycles. The van der Waals surface area contributed by atoms with Crippen LogP contribution < -0.4 is 0 Å². The van der Waals surface area contributed by atoms with Crippen molar-refractivity contribution in [2.24, 2.45) is 5.41 Å². The summed E-state index contributed by atoms with van der Waals surface area (Å²) in [7, 11) is 0. The highest BCUT2D eigenvalue weighted by molar-refractivity contribution is 5.62. The first-order valence-electron chi connectivity index (χ1n) is 6.26. The van der Waals surface area contributed by atoms with E-state index in [0.29, 0.717) is 5.56 Å². The molecule has 0 fully saturated rings. The molecule has 0 aliphatic heterocycles. The van der Waals surface area contributed by atoms with Crippen LogP contribution in [0.2, 0.25) is 0 Å². The second-order valence-electron chi connectivity index (χ2n) is 6.88. The average molecular weight is 248 g/mol. The molecule has 0 aromatic heterocycles. The summed E-state index contributed by atoms with van der Waals surface area (Å²) in [5.74, 6) is 0.437. The van der Waals surface area contributed by atoms with Crippen molar-refractivity contribution in [3.63, 3.8) is 0 Å². The van der Waals surface area contributed by atoms with E-state index in [2.05, 4.69) is 20.8 Å². The molecule has 0 amide bonds. The van der Waals surface area contributed by atoms with E-state index >= 15 is 0 Å². The monoisotopic (exact) mass is 248 g/mol. The largest absolute Gasteiger partial charge is 0.508 e. The molecule has 2 heteroatoms. The first kappa shape index (κ1) is 14.6. The molecule has 0 spiro atoms. The molecule has 1 aromatic carbocycles. The number of hydrogen-bond acceptors (Lipinski definition) is 2. The maximum atomic E-state index is 10.0. The minimum Gasteiger partial charge on any atom is -0.508 e. The van der Waals surface area contributed by atoms with Gasteiger partial charge in [0.15, 0.2) is 0 Å². The van der Waals surface area contributed by atoms with E-state index < -0.39 is 0 Å². The van der Waals surface area contributed by atoms with Crippen LogP contribution in [-0.2, 0) is 5.41 Å². The topological polar surface area (TPSA) is 40.5 Å². The fourth-order valence-corrected chi connectivity index (χ4v) is 1.67. The van der Waals surface area contributed by atoms with Gasteiger partial charge in [-0.1, -0.05) is 53.7 Å². The van der Waals surface area contributed by atoms with Gasteiger partial charge < -0.3 is 10.2 Å². The maximum absolute atomic E-state index is 10.0. The maximum Gasteiger partial charge on any atom is 0.123 e. The highest BCUT2D eigenvalue weighted by Crippen LogP contribution is 2.36. The van der Waals surface area contributed by atoms with Crippen molar-refractivity contribution < 1.29 is 10.2 Å². The zero-order valence-corrected chi connectivity index (χ0v) is 12.2. The lowest BCUT2D eigenvalue weighted by Gasteiger charge is -2.21. The Morgan fingerprint density at radius 2 is 1.44 bits per heavy atom. The summed E-state index contributed by atoms with van der Waals surface area (Å²) in [6.07, 6.45) is 3.86. The molecule has 1 rings (SSSR count). The molecule has 0 aliphatic rings. The van der Waals surface area contributed by atoms with Crippen LogP contribution in [0.5, 0.6) is 11.5 Å². The third kappa shape index (κ3) is 3.80. The van der Waals surface area contributed by atoms with Crippen LogP contribution in [0.3, 0.4) is 0 Å². The van der Waals surface area contributed by atoms with Gasteiger partial charge >= 0.3 is 0 Å². The van der Waals surface area contributed by atoms with Gasteiger partial charge in [0.1, 0.15) is 11.5 Å². The van der Waals surface area contributed by atoms with Crippen molar-refractivity contribution in [1.82, 2.24) is 0 Å². The Labute approximate surface area is 110 Å². The van der Waals surface area contributed by atoms with Crippen LogP contribution in [0.1, 0.15) is 52.7 Å². The molecule has 1 aromatic rings. The molecular formula is C16H24O2. The van der Waals surface area contributed by atoms with Crippen molar-refractivity contribution in [1.29, 1.82) is 0 Å². The molecule has 0 bridgehead atoms. The SMILES string of the molecule is CC(C)(C)/C=C/c1cc(O)c(C(C)(C)C)cc1O. The summed E-state index contributed by atoms with van der Waals surface area (Å²) >= 11 is 0. The predicted octanol–water partition coefficient (Wildman–Crippen LogP) is 4.45. The van der Waals surface area contributed by atoms with Crippen molar-refractivity contribution in [3.8, 4) is 11.5 Å². The van der Waals surface area contributed by atoms with Gasteiger partial charge in [0.2, 0.25) is 0 Å². The normalized spacial score (nSPS) is 13.2. The van der Waals surface area contributed by atoms with E-state index in [1.54, 1.807) is 12.1 Å². The number of allylic oxidation sites excluding steroid dienone is 1. The van der Waals surface area contributed by atoms with Gasteiger partial charge in [-0.05, 0) is 23.0 Å². The molecule has 18 heavy (non-hydrogen) atoms. The first-order valence-corrected chi connectivity index (χ1v) is 6.26. The fourth-order valence-electron chi connectivity index (χ4n) is 1.67. The van der Waals surface area contributed by atoms with Crippen molar-refractivity contribution >= 4 is 6.08 Å². The highest BCUT2D eigenvalue weighted by Gasteiger charge is 2.20. The number of aromatic hydroxyl groups is 2. The molecule has 2 nitrogen and oxygen atoms in total. The lowest BCUT2D eigenvalue weighted by Crippen LogP contribution is -2.11. The van der Waals surface area contributed by atoms with Crippen LogP contribution in [0, 0.1) is 5.41 Å². The number of phenols is 2. The molecule has 0 unspecified atom stereocenters. The van der Waals surface area contributed by atoms with Gasteiger partial charge in [0.25, 0.3) is 0 Å². The molecule has 2 N–H and O–H groups in total. The van der Waals surface area contributed by atoms with Gasteiger partial charge in [0.05, 0.1) is 0 Å². The lowest BCUT2D eigenvalue weighted by atomic mass is 9.85. The Hall–Kier alpha value is -1.44. The van der Waals surface area contributed by atoms with Crippen LogP contribution in [0.15, 0.2) is 18.2 Å². The number of rotatable bonds is 1. The average Bonchev–Trinajstić information content (AvgIpc) is 2.15. The summed E-state index contributed by atoms with van der Waals surface area (Å²) in [5.41, 5.74) is 1.27. The minimum atomic E-state index is -0.187. The van der Waals surface area contributed by atoms with Gasteiger partial charge in [0, 0.05) is 11.1 Å². The highest BCUT2D eigenvalue weighted by atomic mass is 16.3. The Morgan fingerprint density at radius 3 is 1.89 bits per heavy atom. The molecule has 0 saturated carbocycles. The Morgan fingerprint density at radius 1 is 0.889 bits per heavy atom. The van der Waals surface area contributed by atoms with E-state index in [-0.39, 0.29) is 22.3 Å². The van der Waals surface area contributed by atoms with Crippen LogP contribution in [0.4, 0.5) is 0 Å². The van der Waals surface area contributed by atoms with Crippen molar-refractivity contribution in [2.75, 3.05) is 0 Å². The van der Waals surface area contributed by atoms with E-state index in [9.17, 15) is 10.2 Å². The van der Waals surface area contributed by atoms with Gasteiger partial charge in [-0.2, -0.15) is 0 Å². The van der Waals surface area contributed by atoms with Gasteiger partial charge in [-0.25, -0.2) is 0 Å². The summed E-state index contributed by atoms with van der Waals surface area (Å²) in [5, 5.41) is 20.0. The quantitative estimate of drug-likeness (QED) is 0.721. The summed E-state index contributed by atoms with van der Waals surface area (Å²) in [6, 6.07) is 3.27. The van der Waals surface area contributed by atoms with E-state index in [1.807, 2.05) is 32.9 Å². The first-order chi connectivity index (χ1) is 8.00. The molecule has 0 radical (unpaired) electrons. The standard InChI is InChI=1S/C16H24O2/c1-15(2,3)8-7-11-9-14(18)12(10-13(11)17)16(4,5)6/h7-10,17-18H,1-6H3/b8-7+. The van der Waals surface area contributed by atoms with Crippen molar-refractivity contribution in [3.05, 3.63) is 29.3 Å². The predicted molar refractivity (Wildman–Crippen MR) is 77.0 cm³/mol. The van der Waals surface area contributed by atoms with E-state index in [4.69, 9.17) is 0 Å². The number of benzene rings is 1. The van der Waals surface area contributed by atoms with Crippen LogP contribution >= 0.6 is 0 Å². The zero-order chi connectivity index (χ0) is 14.1. The number of hydrogen-bond donors (Lipinski definition) is 2. The van der Waals surface area contributed by atoms with Crippen LogP contribution in [0.25, 0.3) is 6.08 Å². The zero-order valence-electron chi connectivity index (χ0n) is 12.2. The summed E-state index contributed by atoms with van der Waals surface area (Å²) < 4.78 is 0. The molecule has 0 atom stereocenters. The lowest BCUT2D eigenvalue weighted by molar-refractivity contribution is 0.434. The second kappa shape index (κ2) is 4.68. The van der Waals surface area contributed by atoms with E-state index in [1.165, 1.54) is 0 Å². The Balaban J connectivity index is 3.20. The molecule has 0 heterocycles. The van der Waals surface area contributed by atoms with Crippen LogP contribution in [-0.4, -0.2) is 10.2 Å². The van der Waals surface area contributed by atoms with Gasteiger partial charge in [-0.15, -0.1) is 0 Å². The summed E-state index contributed by atoms with van der Waals surface area (Å²) in [4.78, 5) is 0. The summed E-state index contributed by atoms with van der Waals surface area (Å²) in [6.45, 7) is 12.3. The molecule has 100 valence electrons. The Bertz CT molecular complexity index is 457. The molecule has 0 saturated heterocycles. The number of phenolic OH excluding ortho intramolecular Hbond substituents is 2. The smallest absolute Gasteiger partial charge is 0.123 e. The third-order valence-corrected chi connectivity index (χ3v) is 2.72. The minimum absolute atomic E-state index is 0.0464. The van der Waals surface area contributed by atoms with Crippen molar-refractivity contribution in [2.45, 2.75) is 47.0 Å². The van der Waals surface area contributed by atoms with E-state index in [0.717, 1.165) is 5.56 Å². The second-order valence-corrected chi connectivity index (χ2v) is 6.88. The third-order valence-electron chi connectivity index (χ3n) is 2.72. The fraction of sp³-hybridized carbons (Fsp3) is 0.500. The van der Waals surface area contributed by atoms with Gasteiger partial charge in [-0.3, -0.25) is 0 Å².